The van der Waals surface area contributed by atoms with Crippen molar-refractivity contribution in [2.45, 2.75) is 18.1 Å². The Morgan fingerprint density at radius 2 is 2.24 bits per heavy atom. The molecular weight excluding hydrogens is 294 g/mol. The quantitative estimate of drug-likeness (QED) is 0.782. The van der Waals surface area contributed by atoms with Crippen LogP contribution in [0.2, 0.25) is 0 Å². The second-order valence-corrected chi connectivity index (χ2v) is 7.20. The normalized spacial score (nSPS) is 20.5. The highest BCUT2D eigenvalue weighted by Gasteiger charge is 2.31. The van der Waals surface area contributed by atoms with Gasteiger partial charge in [-0.3, -0.25) is 4.57 Å². The van der Waals surface area contributed by atoms with Crippen LogP contribution >= 0.6 is 0 Å². The third kappa shape index (κ3) is 2.94. The Labute approximate surface area is 121 Å². The lowest BCUT2D eigenvalue weighted by Gasteiger charge is -2.11. The monoisotopic (exact) mass is 309 g/mol. The van der Waals surface area contributed by atoms with E-state index in [4.69, 9.17) is 5.73 Å². The van der Waals surface area contributed by atoms with Gasteiger partial charge in [0.25, 0.3) is 0 Å². The smallest absolute Gasteiger partial charge is 0.241 e. The number of nitrogens with one attached hydrogen (secondary N) is 1. The fourth-order valence-corrected chi connectivity index (χ4v) is 4.01. The molecule has 3 N–H and O–H groups in total. The summed E-state index contributed by atoms with van der Waals surface area (Å²) in [6, 6.07) is 0. The van der Waals surface area contributed by atoms with Gasteiger partial charge < -0.3 is 11.1 Å². The van der Waals surface area contributed by atoms with Gasteiger partial charge in [0.2, 0.25) is 17.8 Å². The lowest BCUT2D eigenvalue weighted by atomic mass is 10.2. The Kier molecular flexibility index (Phi) is 3.45. The van der Waals surface area contributed by atoms with Crippen molar-refractivity contribution < 1.29 is 8.42 Å². The molecule has 0 bridgehead atoms. The lowest BCUT2D eigenvalue weighted by molar-refractivity contribution is 0.591. The molecule has 1 saturated heterocycles. The number of sulfone groups is 1. The highest BCUT2D eigenvalue weighted by Crippen LogP contribution is 2.20. The Balaban J connectivity index is 1.77. The molecule has 112 valence electrons. The van der Waals surface area contributed by atoms with E-state index < -0.39 is 15.1 Å². The lowest BCUT2D eigenvalue weighted by Crippen LogP contribution is -2.26. The zero-order valence-corrected chi connectivity index (χ0v) is 12.0. The van der Waals surface area contributed by atoms with Gasteiger partial charge in [-0.2, -0.15) is 15.0 Å². The second-order valence-electron chi connectivity index (χ2n) is 4.80. The Bertz CT molecular complexity index is 729. The van der Waals surface area contributed by atoms with E-state index in [9.17, 15) is 8.42 Å². The van der Waals surface area contributed by atoms with Crippen LogP contribution in [0.4, 0.5) is 11.9 Å². The molecule has 21 heavy (non-hydrogen) atoms. The van der Waals surface area contributed by atoms with E-state index in [0.29, 0.717) is 18.8 Å². The Morgan fingerprint density at radius 1 is 1.38 bits per heavy atom. The van der Waals surface area contributed by atoms with Crippen LogP contribution in [0.3, 0.4) is 0 Å². The molecule has 2 aromatic rings. The maximum atomic E-state index is 11.8. The van der Waals surface area contributed by atoms with Gasteiger partial charge in [0.1, 0.15) is 6.33 Å². The minimum atomic E-state index is -3.00. The summed E-state index contributed by atoms with van der Waals surface area (Å²) < 4.78 is 25.1. The van der Waals surface area contributed by atoms with Crippen molar-refractivity contribution in [2.75, 3.05) is 23.3 Å². The maximum Gasteiger partial charge on any atom is 0.241 e. The molecule has 0 aliphatic carbocycles. The van der Waals surface area contributed by atoms with Crippen LogP contribution in [0.5, 0.6) is 0 Å². The number of imidazole rings is 1. The molecule has 2 aromatic heterocycles. The van der Waals surface area contributed by atoms with E-state index in [1.165, 1.54) is 0 Å². The van der Waals surface area contributed by atoms with Gasteiger partial charge in [0.15, 0.2) is 9.84 Å². The highest BCUT2D eigenvalue weighted by molar-refractivity contribution is 7.92. The Hall–Kier alpha value is -2.23. The van der Waals surface area contributed by atoms with Crippen LogP contribution < -0.4 is 11.1 Å². The highest BCUT2D eigenvalue weighted by atomic mass is 32.2. The molecule has 9 nitrogen and oxygen atoms in total. The van der Waals surface area contributed by atoms with Gasteiger partial charge in [-0.15, -0.1) is 0 Å². The Morgan fingerprint density at radius 3 is 2.90 bits per heavy atom. The molecule has 0 saturated carbocycles. The molecule has 1 aliphatic heterocycles. The van der Waals surface area contributed by atoms with E-state index >= 15 is 0 Å². The average molecular weight is 309 g/mol. The summed E-state index contributed by atoms with van der Waals surface area (Å²) in [4.78, 5) is 16.1. The van der Waals surface area contributed by atoms with E-state index in [2.05, 4.69) is 25.3 Å². The minimum Gasteiger partial charge on any atom is -0.368 e. The van der Waals surface area contributed by atoms with Crippen LogP contribution in [-0.4, -0.2) is 50.5 Å². The van der Waals surface area contributed by atoms with E-state index in [0.717, 1.165) is 0 Å². The first-order valence-corrected chi connectivity index (χ1v) is 8.21. The summed E-state index contributed by atoms with van der Waals surface area (Å²) in [5.41, 5.74) is 5.65. The number of hydrogen-bond acceptors (Lipinski definition) is 8. The minimum absolute atomic E-state index is 0.0606. The molecule has 0 amide bonds. The standard InChI is InChI=1S/C11H15N7O2S/c12-9-15-10(14-6-8-2-1-5-21(8,19)20)17-11(16-9)18-4-3-13-7-18/h3-4,7-8H,1-2,5-6H2,(H3,12,14,15,16,17). The molecule has 0 radical (unpaired) electrons. The van der Waals surface area contributed by atoms with Crippen molar-refractivity contribution in [3.05, 3.63) is 18.7 Å². The van der Waals surface area contributed by atoms with Crippen LogP contribution in [-0.2, 0) is 9.84 Å². The number of nitrogens with two attached hydrogens (primary N) is 1. The summed E-state index contributed by atoms with van der Waals surface area (Å²) in [6.07, 6.45) is 6.18. The topological polar surface area (TPSA) is 129 Å². The molecular formula is C11H15N7O2S. The molecule has 0 aromatic carbocycles. The van der Waals surface area contributed by atoms with E-state index in [-0.39, 0.29) is 24.2 Å². The van der Waals surface area contributed by atoms with Gasteiger partial charge in [0, 0.05) is 18.9 Å². The number of rotatable bonds is 4. The van der Waals surface area contributed by atoms with Crippen LogP contribution in [0.1, 0.15) is 12.8 Å². The summed E-state index contributed by atoms with van der Waals surface area (Å²) in [6.45, 7) is 0.273. The van der Waals surface area contributed by atoms with E-state index in [1.54, 1.807) is 23.3 Å². The first-order chi connectivity index (χ1) is 10.0. The fraction of sp³-hybridized carbons (Fsp3) is 0.455. The molecule has 10 heteroatoms. The van der Waals surface area contributed by atoms with Crippen molar-refractivity contribution in [2.24, 2.45) is 0 Å². The van der Waals surface area contributed by atoms with E-state index in [1.807, 2.05) is 0 Å². The van der Waals surface area contributed by atoms with Crippen molar-refractivity contribution >= 4 is 21.7 Å². The summed E-state index contributed by atoms with van der Waals surface area (Å²) in [7, 11) is -3.00. The van der Waals surface area contributed by atoms with Crippen LogP contribution in [0.15, 0.2) is 18.7 Å². The van der Waals surface area contributed by atoms with Crippen molar-refractivity contribution in [3.8, 4) is 5.95 Å². The molecule has 1 unspecified atom stereocenters. The van der Waals surface area contributed by atoms with Gasteiger partial charge >= 0.3 is 0 Å². The number of nitrogens with zero attached hydrogens (tertiary/aromatic N) is 5. The van der Waals surface area contributed by atoms with Crippen molar-refractivity contribution in [1.29, 1.82) is 0 Å². The SMILES string of the molecule is Nc1nc(NCC2CCCS2(=O)=O)nc(-n2ccnc2)n1. The second kappa shape index (κ2) is 5.28. The zero-order valence-electron chi connectivity index (χ0n) is 11.2. The zero-order chi connectivity index (χ0) is 14.9. The summed E-state index contributed by atoms with van der Waals surface area (Å²) in [5.74, 6) is 0.898. The third-order valence-electron chi connectivity index (χ3n) is 3.33. The number of nitrogen functional groups attached to an aromatic ring is 1. The number of aromatic nitrogens is 5. The predicted molar refractivity (Wildman–Crippen MR) is 76.7 cm³/mol. The van der Waals surface area contributed by atoms with Crippen LogP contribution in [0, 0.1) is 0 Å². The first kappa shape index (κ1) is 13.7. The van der Waals surface area contributed by atoms with Gasteiger partial charge in [-0.05, 0) is 12.8 Å². The largest absolute Gasteiger partial charge is 0.368 e. The molecule has 3 heterocycles. The van der Waals surface area contributed by atoms with Crippen LogP contribution in [0.25, 0.3) is 5.95 Å². The molecule has 0 spiro atoms. The first-order valence-electron chi connectivity index (χ1n) is 6.50. The van der Waals surface area contributed by atoms with Gasteiger partial charge in [-0.25, -0.2) is 13.4 Å². The average Bonchev–Trinajstić information content (AvgIpc) is 3.05. The van der Waals surface area contributed by atoms with Gasteiger partial charge in [-0.1, -0.05) is 0 Å². The number of hydrogen-bond donors (Lipinski definition) is 2. The molecule has 3 rings (SSSR count). The predicted octanol–water partition coefficient (Wildman–Crippen LogP) is -0.371. The third-order valence-corrected chi connectivity index (χ3v) is 5.60. The van der Waals surface area contributed by atoms with Crippen molar-refractivity contribution in [1.82, 2.24) is 24.5 Å². The molecule has 1 atom stereocenters. The van der Waals surface area contributed by atoms with Gasteiger partial charge in [0.05, 0.1) is 11.0 Å². The fourth-order valence-electron chi connectivity index (χ4n) is 2.25. The maximum absolute atomic E-state index is 11.8. The summed E-state index contributed by atoms with van der Waals surface area (Å²) >= 11 is 0. The molecule has 1 fully saturated rings. The molecule has 1 aliphatic rings. The van der Waals surface area contributed by atoms with Crippen molar-refractivity contribution in [3.63, 3.8) is 0 Å². The summed E-state index contributed by atoms with van der Waals surface area (Å²) in [5, 5.41) is 2.53. The number of anilines is 2.